The maximum Gasteiger partial charge on any atom is 0.316 e. The second-order valence-electron chi connectivity index (χ2n) is 13.1. The predicted molar refractivity (Wildman–Crippen MR) is 190 cm³/mol. The van der Waals surface area contributed by atoms with Crippen molar-refractivity contribution in [1.29, 1.82) is 0 Å². The summed E-state index contributed by atoms with van der Waals surface area (Å²) >= 11 is 0. The number of likely N-dealkylation sites (N-methyl/N-ethyl adjacent to an activating group) is 2. The Balaban J connectivity index is 0.000000309. The molecule has 2 aromatic carbocycles. The van der Waals surface area contributed by atoms with Gasteiger partial charge in [0, 0.05) is 49.9 Å². The third-order valence-corrected chi connectivity index (χ3v) is 10.7. The van der Waals surface area contributed by atoms with E-state index in [9.17, 15) is 19.8 Å². The first kappa shape index (κ1) is 43.1. The first-order chi connectivity index (χ1) is 21.4. The van der Waals surface area contributed by atoms with Crippen LogP contribution in [-0.4, -0.2) is 136 Å². The van der Waals surface area contributed by atoms with Gasteiger partial charge in [0.25, 0.3) is 0 Å². The summed E-state index contributed by atoms with van der Waals surface area (Å²) in [7, 11) is 4.26. The van der Waals surface area contributed by atoms with Crippen molar-refractivity contribution < 1.29 is 55.2 Å². The minimum absolute atomic E-state index is 0. The molecule has 4 bridgehead atoms. The van der Waals surface area contributed by atoms with Crippen LogP contribution in [0.2, 0.25) is 0 Å². The Morgan fingerprint density at radius 2 is 0.918 bits per heavy atom. The van der Waals surface area contributed by atoms with E-state index in [1.54, 1.807) is 0 Å². The molecule has 13 nitrogen and oxygen atoms in total. The first-order valence-corrected chi connectivity index (χ1v) is 15.8. The number of fused-ring (bicyclic) bond motifs is 10. The third kappa shape index (κ3) is 8.55. The normalized spacial score (nSPS) is 33.6. The number of esters is 2. The quantitative estimate of drug-likeness (QED) is 0.278. The molecule has 2 unspecified atom stereocenters. The molecule has 6 aliphatic heterocycles. The monoisotopic (exact) mass is 820 g/mol. The van der Waals surface area contributed by atoms with Gasteiger partial charge in [0.05, 0.1) is 13.2 Å². The first-order valence-electron chi connectivity index (χ1n) is 15.8. The lowest BCUT2D eigenvalue weighted by atomic mass is 9.97. The van der Waals surface area contributed by atoms with Gasteiger partial charge in [0.15, 0.2) is 0 Å². The highest BCUT2D eigenvalue weighted by molar-refractivity contribution is 8.93. The number of hydrogen-bond acceptors (Lipinski definition) is 10. The van der Waals surface area contributed by atoms with Crippen molar-refractivity contribution in [3.8, 4) is 0 Å². The number of ether oxygens (including phenoxy) is 4. The Morgan fingerprint density at radius 3 is 1.18 bits per heavy atom. The number of benzene rings is 2. The lowest BCUT2D eigenvalue weighted by Crippen LogP contribution is -2.48. The van der Waals surface area contributed by atoms with Gasteiger partial charge in [-0.2, -0.15) is 0 Å². The van der Waals surface area contributed by atoms with Gasteiger partial charge >= 0.3 is 11.9 Å². The molecule has 6 aliphatic rings. The Kier molecular flexibility index (Phi) is 15.8. The van der Waals surface area contributed by atoms with Crippen LogP contribution in [0, 0.1) is 0 Å². The van der Waals surface area contributed by atoms with Gasteiger partial charge in [0.2, 0.25) is 0 Å². The van der Waals surface area contributed by atoms with Gasteiger partial charge in [-0.1, -0.05) is 60.7 Å². The summed E-state index contributed by atoms with van der Waals surface area (Å²) in [4.78, 5) is 29.6. The van der Waals surface area contributed by atoms with Crippen LogP contribution in [0.25, 0.3) is 0 Å². The maximum absolute atomic E-state index is 12.4. The zero-order chi connectivity index (χ0) is 30.5. The Bertz CT molecular complexity index is 1210. The average molecular weight is 823 g/mol. The number of halogens is 2. The van der Waals surface area contributed by atoms with Gasteiger partial charge in [0.1, 0.15) is 48.5 Å². The highest BCUT2D eigenvalue weighted by Gasteiger charge is 2.64. The van der Waals surface area contributed by atoms with E-state index in [0.717, 1.165) is 36.8 Å². The summed E-state index contributed by atoms with van der Waals surface area (Å²) in [6, 6.07) is 20.1. The van der Waals surface area contributed by atoms with E-state index in [1.807, 2.05) is 60.7 Å². The molecule has 0 aliphatic carbocycles. The van der Waals surface area contributed by atoms with Crippen molar-refractivity contribution in [2.75, 3.05) is 27.3 Å². The van der Waals surface area contributed by atoms with E-state index in [1.165, 1.54) is 0 Å². The molecule has 6 heterocycles. The minimum atomic E-state index is -0.593. The fraction of sp³-hybridized carbons (Fsp3) is 0.588. The zero-order valence-corrected chi connectivity index (χ0v) is 30.9. The van der Waals surface area contributed by atoms with Crippen molar-refractivity contribution in [3.63, 3.8) is 0 Å². The molecule has 0 saturated carbocycles. The molecule has 0 amide bonds. The van der Waals surface area contributed by atoms with E-state index < -0.39 is 11.8 Å². The van der Waals surface area contributed by atoms with Gasteiger partial charge in [-0.05, 0) is 25.2 Å². The minimum Gasteiger partial charge on any atom is -0.462 e. The fourth-order valence-corrected chi connectivity index (χ4v) is 8.09. The number of nitrogens with zero attached hydrogens (tertiary/aromatic N) is 2. The van der Waals surface area contributed by atoms with E-state index >= 15 is 0 Å². The topological polar surface area (TPSA) is 219 Å². The van der Waals surface area contributed by atoms with Gasteiger partial charge in [-0.25, -0.2) is 0 Å². The highest BCUT2D eigenvalue weighted by atomic mass is 79.9. The SMILES string of the molecule is Br.Br.CN1[C@@H]2CC(OC(=O)[C@H](CO)c3ccccc3)C[C@H]1[C@H]1O[C@H]12.CN1[C@@H]2CC(OC(=O)[C@H](CO)c3ccccc3)C[C@H]1[C@H]1O[C@H]12.O.O.O. The summed E-state index contributed by atoms with van der Waals surface area (Å²) in [5.74, 6) is -1.83. The lowest BCUT2D eigenvalue weighted by Gasteiger charge is -2.38. The number of piperidine rings is 2. The number of hydrogen-bond donors (Lipinski definition) is 2. The van der Waals surface area contributed by atoms with E-state index in [4.69, 9.17) is 18.9 Å². The molecule has 49 heavy (non-hydrogen) atoms. The van der Waals surface area contributed by atoms with Crippen molar-refractivity contribution >= 4 is 45.9 Å². The number of aliphatic hydroxyl groups excluding tert-OH is 2. The zero-order valence-electron chi connectivity index (χ0n) is 27.5. The number of carbonyl (C=O) groups is 2. The van der Waals surface area contributed by atoms with Gasteiger partial charge in [-0.15, -0.1) is 34.0 Å². The Labute approximate surface area is 307 Å². The second-order valence-corrected chi connectivity index (χ2v) is 13.1. The number of aliphatic hydroxyl groups is 2. The van der Waals surface area contributed by atoms with Crippen LogP contribution in [0.3, 0.4) is 0 Å². The summed E-state index contributed by atoms with van der Waals surface area (Å²) in [6.45, 7) is -0.451. The van der Waals surface area contributed by atoms with Crippen LogP contribution in [0.4, 0.5) is 0 Å². The average Bonchev–Trinajstić information content (AvgIpc) is 3.94. The van der Waals surface area contributed by atoms with Crippen LogP contribution in [0.1, 0.15) is 48.6 Å². The third-order valence-electron chi connectivity index (χ3n) is 10.7. The molecule has 6 saturated heterocycles. The molecule has 12 atom stereocenters. The molecular weight excluding hydrogens is 772 g/mol. The molecule has 0 spiro atoms. The highest BCUT2D eigenvalue weighted by Crippen LogP contribution is 2.49. The molecular formula is C34H50Br2N2O11. The molecule has 6 fully saturated rings. The Morgan fingerprint density at radius 1 is 0.633 bits per heavy atom. The molecule has 2 aromatic rings. The second kappa shape index (κ2) is 18.0. The number of rotatable bonds is 8. The summed E-state index contributed by atoms with van der Waals surface area (Å²) in [5, 5.41) is 19.1. The maximum atomic E-state index is 12.4. The summed E-state index contributed by atoms with van der Waals surface area (Å²) < 4.78 is 22.8. The van der Waals surface area contributed by atoms with Crippen molar-refractivity contribution in [2.45, 2.75) is 98.3 Å². The molecule has 0 radical (unpaired) electrons. The molecule has 8 rings (SSSR count). The van der Waals surface area contributed by atoms with Crippen molar-refractivity contribution in [3.05, 3.63) is 71.8 Å². The van der Waals surface area contributed by atoms with Crippen LogP contribution in [0.15, 0.2) is 60.7 Å². The molecule has 0 aromatic heterocycles. The van der Waals surface area contributed by atoms with Crippen LogP contribution in [0.5, 0.6) is 0 Å². The molecule has 8 N–H and O–H groups in total. The van der Waals surface area contributed by atoms with Crippen molar-refractivity contribution in [1.82, 2.24) is 9.80 Å². The predicted octanol–water partition coefficient (Wildman–Crippen LogP) is 0.518. The van der Waals surface area contributed by atoms with Crippen LogP contribution in [-0.2, 0) is 28.5 Å². The standard InChI is InChI=1S/2C17H21NO4.2BrH.3H2O/c2*1-18-13-7-11(8-14(18)16-15(13)22-16)21-17(20)12(9-19)10-5-3-2-4-6-10;;;;;/h2*2-6,11-16,19H,7-9H2,1H3;2*1H;3*1H2/t2*11?,12-,13-,14+,15+,16-;;;;;/m11...../s1. The van der Waals surface area contributed by atoms with Crippen LogP contribution >= 0.6 is 34.0 Å². The fourth-order valence-electron chi connectivity index (χ4n) is 8.09. The smallest absolute Gasteiger partial charge is 0.316 e. The number of carbonyl (C=O) groups excluding carboxylic acids is 2. The summed E-state index contributed by atoms with van der Waals surface area (Å²) in [5.41, 5.74) is 1.61. The lowest BCUT2D eigenvalue weighted by molar-refractivity contribution is -0.157. The molecule has 276 valence electrons. The van der Waals surface area contributed by atoms with E-state index in [-0.39, 0.29) is 87.8 Å². The van der Waals surface area contributed by atoms with Gasteiger partial charge in [-0.3, -0.25) is 19.4 Å². The largest absolute Gasteiger partial charge is 0.462 e. The van der Waals surface area contributed by atoms with Gasteiger partial charge < -0.3 is 45.6 Å². The van der Waals surface area contributed by atoms with Crippen molar-refractivity contribution in [2.24, 2.45) is 0 Å². The van der Waals surface area contributed by atoms with Crippen LogP contribution < -0.4 is 0 Å². The Hall–Kier alpha value is -2.02. The summed E-state index contributed by atoms with van der Waals surface area (Å²) in [6.07, 6.45) is 4.52. The number of epoxide rings is 2. The van der Waals surface area contributed by atoms with E-state index in [2.05, 4.69) is 23.9 Å². The van der Waals surface area contributed by atoms with E-state index in [0.29, 0.717) is 48.6 Å². The molecule has 15 heteroatoms. The number of morpholine rings is 2.